The van der Waals surface area contributed by atoms with Crippen molar-refractivity contribution in [3.05, 3.63) is 64.1 Å². The summed E-state index contributed by atoms with van der Waals surface area (Å²) in [7, 11) is 0. The Balaban J connectivity index is 1.51. The van der Waals surface area contributed by atoms with E-state index < -0.39 is 0 Å². The summed E-state index contributed by atoms with van der Waals surface area (Å²) in [5, 5.41) is 0.765. The lowest BCUT2D eigenvalue weighted by molar-refractivity contribution is -0.134. The van der Waals surface area contributed by atoms with Gasteiger partial charge in [-0.15, -0.1) is 0 Å². The smallest absolute Gasteiger partial charge is 0.260 e. The second-order valence-electron chi connectivity index (χ2n) is 5.90. The van der Waals surface area contributed by atoms with Gasteiger partial charge in [0, 0.05) is 31.7 Å². The SMILES string of the molecule is O=C(COc1ccccc1)N1CCN(C(=O)c2ccc(Cl)c(Cl)c2)CC1. The summed E-state index contributed by atoms with van der Waals surface area (Å²) in [6, 6.07) is 14.0. The van der Waals surface area contributed by atoms with Gasteiger partial charge in [-0.05, 0) is 30.3 Å². The van der Waals surface area contributed by atoms with E-state index in [0.717, 1.165) is 0 Å². The van der Waals surface area contributed by atoms with Crippen molar-refractivity contribution >= 4 is 35.0 Å². The summed E-state index contributed by atoms with van der Waals surface area (Å²) in [4.78, 5) is 28.2. The molecule has 1 aliphatic heterocycles. The Morgan fingerprint density at radius 1 is 0.885 bits per heavy atom. The third-order valence-corrected chi connectivity index (χ3v) is 4.93. The molecule has 1 heterocycles. The average molecular weight is 393 g/mol. The third-order valence-electron chi connectivity index (χ3n) is 4.19. The van der Waals surface area contributed by atoms with Crippen molar-refractivity contribution in [3.63, 3.8) is 0 Å². The molecule has 136 valence electrons. The molecule has 1 aliphatic rings. The molecule has 0 radical (unpaired) electrons. The van der Waals surface area contributed by atoms with Gasteiger partial charge in [-0.2, -0.15) is 0 Å². The lowest BCUT2D eigenvalue weighted by Gasteiger charge is -2.34. The minimum absolute atomic E-state index is 0.00917. The number of rotatable bonds is 4. The molecule has 3 rings (SSSR count). The van der Waals surface area contributed by atoms with Crippen molar-refractivity contribution in [1.29, 1.82) is 0 Å². The fourth-order valence-electron chi connectivity index (χ4n) is 2.72. The number of nitrogens with zero attached hydrogens (tertiary/aromatic N) is 2. The van der Waals surface area contributed by atoms with Gasteiger partial charge in [-0.3, -0.25) is 9.59 Å². The Hall–Kier alpha value is -2.24. The maximum atomic E-state index is 12.5. The summed E-state index contributed by atoms with van der Waals surface area (Å²) >= 11 is 11.9. The van der Waals surface area contributed by atoms with Gasteiger partial charge in [0.05, 0.1) is 10.0 Å². The second-order valence-corrected chi connectivity index (χ2v) is 6.72. The number of para-hydroxylation sites is 1. The van der Waals surface area contributed by atoms with E-state index >= 15 is 0 Å². The molecule has 0 aliphatic carbocycles. The van der Waals surface area contributed by atoms with Gasteiger partial charge < -0.3 is 14.5 Å². The molecule has 0 spiro atoms. The Labute approximate surface area is 162 Å². The Morgan fingerprint density at radius 3 is 2.19 bits per heavy atom. The largest absolute Gasteiger partial charge is 0.484 e. The van der Waals surface area contributed by atoms with Crippen molar-refractivity contribution < 1.29 is 14.3 Å². The molecule has 2 aromatic rings. The maximum Gasteiger partial charge on any atom is 0.260 e. The van der Waals surface area contributed by atoms with Crippen LogP contribution in [0.4, 0.5) is 0 Å². The van der Waals surface area contributed by atoms with Crippen molar-refractivity contribution in [1.82, 2.24) is 9.80 Å². The van der Waals surface area contributed by atoms with Crippen LogP contribution in [-0.2, 0) is 4.79 Å². The summed E-state index contributed by atoms with van der Waals surface area (Å²) < 4.78 is 5.49. The number of ether oxygens (including phenoxy) is 1. The topological polar surface area (TPSA) is 49.9 Å². The first kappa shape index (κ1) is 18.5. The van der Waals surface area contributed by atoms with E-state index in [1.807, 2.05) is 18.2 Å². The zero-order valence-corrected chi connectivity index (χ0v) is 15.5. The first-order chi connectivity index (χ1) is 12.5. The van der Waals surface area contributed by atoms with Crippen LogP contribution in [0, 0.1) is 0 Å². The first-order valence-corrected chi connectivity index (χ1v) is 9.00. The molecule has 1 fully saturated rings. The number of hydrogen-bond acceptors (Lipinski definition) is 3. The van der Waals surface area contributed by atoms with E-state index in [1.54, 1.807) is 40.1 Å². The van der Waals surface area contributed by atoms with E-state index in [9.17, 15) is 9.59 Å². The highest BCUT2D eigenvalue weighted by molar-refractivity contribution is 6.42. The van der Waals surface area contributed by atoms with Gasteiger partial charge in [0.15, 0.2) is 6.61 Å². The molecule has 0 aromatic heterocycles. The van der Waals surface area contributed by atoms with Crippen LogP contribution >= 0.6 is 23.2 Å². The van der Waals surface area contributed by atoms with Crippen LogP contribution in [0.15, 0.2) is 48.5 Å². The predicted octanol–water partition coefficient (Wildman–Crippen LogP) is 3.36. The summed E-state index contributed by atoms with van der Waals surface area (Å²) in [6.45, 7) is 1.88. The zero-order chi connectivity index (χ0) is 18.5. The summed E-state index contributed by atoms with van der Waals surface area (Å²) in [6.07, 6.45) is 0. The lowest BCUT2D eigenvalue weighted by Crippen LogP contribution is -2.51. The first-order valence-electron chi connectivity index (χ1n) is 8.24. The van der Waals surface area contributed by atoms with E-state index in [1.165, 1.54) is 0 Å². The molecule has 5 nitrogen and oxygen atoms in total. The highest BCUT2D eigenvalue weighted by Gasteiger charge is 2.25. The van der Waals surface area contributed by atoms with Crippen molar-refractivity contribution in [2.24, 2.45) is 0 Å². The number of hydrogen-bond donors (Lipinski definition) is 0. The average Bonchev–Trinajstić information content (AvgIpc) is 2.68. The molecule has 1 saturated heterocycles. The van der Waals surface area contributed by atoms with Crippen LogP contribution in [0.1, 0.15) is 10.4 Å². The van der Waals surface area contributed by atoms with Crippen LogP contribution < -0.4 is 4.74 Å². The van der Waals surface area contributed by atoms with E-state index in [4.69, 9.17) is 27.9 Å². The summed E-state index contributed by atoms with van der Waals surface area (Å²) in [5.74, 6) is 0.459. The van der Waals surface area contributed by atoms with E-state index in [0.29, 0.717) is 47.5 Å². The predicted molar refractivity (Wildman–Crippen MR) is 101 cm³/mol. The number of halogens is 2. The van der Waals surface area contributed by atoms with Crippen molar-refractivity contribution in [3.8, 4) is 5.75 Å². The monoisotopic (exact) mass is 392 g/mol. The lowest BCUT2D eigenvalue weighted by atomic mass is 10.2. The van der Waals surface area contributed by atoms with Gasteiger partial charge in [0.25, 0.3) is 11.8 Å². The molecule has 26 heavy (non-hydrogen) atoms. The van der Waals surface area contributed by atoms with Gasteiger partial charge in [0.2, 0.25) is 0 Å². The molecule has 2 aromatic carbocycles. The van der Waals surface area contributed by atoms with Crippen LogP contribution in [0.3, 0.4) is 0 Å². The molecular weight excluding hydrogens is 375 g/mol. The molecule has 0 bridgehead atoms. The Kier molecular flexibility index (Phi) is 6.01. The number of piperazine rings is 1. The molecule has 0 N–H and O–H groups in total. The molecule has 7 heteroatoms. The van der Waals surface area contributed by atoms with Gasteiger partial charge >= 0.3 is 0 Å². The normalized spacial score (nSPS) is 14.2. The van der Waals surface area contributed by atoms with Gasteiger partial charge in [0.1, 0.15) is 5.75 Å². The van der Waals surface area contributed by atoms with Crippen molar-refractivity contribution in [2.75, 3.05) is 32.8 Å². The van der Waals surface area contributed by atoms with Crippen LogP contribution in [0.25, 0.3) is 0 Å². The van der Waals surface area contributed by atoms with Crippen LogP contribution in [0.2, 0.25) is 10.0 Å². The fourth-order valence-corrected chi connectivity index (χ4v) is 3.02. The van der Waals surface area contributed by atoms with E-state index in [-0.39, 0.29) is 18.4 Å². The minimum atomic E-state index is -0.115. The minimum Gasteiger partial charge on any atom is -0.484 e. The van der Waals surface area contributed by atoms with Gasteiger partial charge in [-0.25, -0.2) is 0 Å². The molecule has 2 amide bonds. The number of amides is 2. The zero-order valence-electron chi connectivity index (χ0n) is 14.0. The van der Waals surface area contributed by atoms with Crippen LogP contribution in [0.5, 0.6) is 5.75 Å². The Morgan fingerprint density at radius 2 is 1.54 bits per heavy atom. The highest BCUT2D eigenvalue weighted by Crippen LogP contribution is 2.23. The fraction of sp³-hybridized carbons (Fsp3) is 0.263. The number of carbonyl (C=O) groups excluding carboxylic acids is 2. The molecule has 0 atom stereocenters. The number of carbonyl (C=O) groups is 2. The van der Waals surface area contributed by atoms with E-state index in [2.05, 4.69) is 0 Å². The Bertz CT molecular complexity index is 791. The molecule has 0 unspecified atom stereocenters. The van der Waals surface area contributed by atoms with Gasteiger partial charge in [-0.1, -0.05) is 41.4 Å². The second kappa shape index (κ2) is 8.43. The van der Waals surface area contributed by atoms with Crippen molar-refractivity contribution in [2.45, 2.75) is 0 Å². The molecule has 0 saturated carbocycles. The van der Waals surface area contributed by atoms with Crippen LogP contribution in [-0.4, -0.2) is 54.4 Å². The quantitative estimate of drug-likeness (QED) is 0.801. The highest BCUT2D eigenvalue weighted by atomic mass is 35.5. The third kappa shape index (κ3) is 4.48. The number of benzene rings is 2. The maximum absolute atomic E-state index is 12.5. The summed E-state index contributed by atoms with van der Waals surface area (Å²) in [5.41, 5.74) is 0.492. The standard InChI is InChI=1S/C19H18Cl2N2O3/c20-16-7-6-14(12-17(16)21)19(25)23-10-8-22(9-11-23)18(24)13-26-15-4-2-1-3-5-15/h1-7,12H,8-11,13H2. The molecular formula is C19H18Cl2N2O3.